The highest BCUT2D eigenvalue weighted by Crippen LogP contribution is 2.27. The van der Waals surface area contributed by atoms with Crippen molar-refractivity contribution in [2.24, 2.45) is 0 Å². The summed E-state index contributed by atoms with van der Waals surface area (Å²) in [6.07, 6.45) is 8.67. The fourth-order valence-electron chi connectivity index (χ4n) is 6.47. The third kappa shape index (κ3) is 8.25. The van der Waals surface area contributed by atoms with E-state index in [1.165, 1.54) is 17.5 Å². The third-order valence-electron chi connectivity index (χ3n) is 9.15. The SMILES string of the molecule is CC(=O)N1CCC(Nc2cc(C(=O)CC[C@H](O)CN3CCc4cc(OCc5cnnn5C5CCCCO5)ccc4C3)ncn2)CC1. The first-order chi connectivity index (χ1) is 22.4. The van der Waals surface area contributed by atoms with Gasteiger partial charge in [0.25, 0.3) is 0 Å². The largest absolute Gasteiger partial charge is 0.487 e. The Labute approximate surface area is 269 Å². The molecule has 3 aliphatic rings. The number of ketones is 1. The number of likely N-dealkylation sites (tertiary alicyclic amines) is 1. The number of anilines is 1. The molecule has 2 fully saturated rings. The van der Waals surface area contributed by atoms with Gasteiger partial charge in [0.2, 0.25) is 5.91 Å². The average molecular weight is 633 g/mol. The summed E-state index contributed by atoms with van der Waals surface area (Å²) in [5.74, 6) is 1.40. The highest BCUT2D eigenvalue weighted by molar-refractivity contribution is 5.94. The predicted molar refractivity (Wildman–Crippen MR) is 169 cm³/mol. The van der Waals surface area contributed by atoms with Crippen LogP contribution >= 0.6 is 0 Å². The van der Waals surface area contributed by atoms with Crippen LogP contribution in [0.15, 0.2) is 36.8 Å². The third-order valence-corrected chi connectivity index (χ3v) is 9.15. The number of Topliss-reactive ketones (excluding diaryl/α,β-unsaturated/α-hetero) is 1. The molecule has 2 atom stereocenters. The molecule has 0 bridgehead atoms. The zero-order chi connectivity index (χ0) is 31.9. The van der Waals surface area contributed by atoms with Gasteiger partial charge in [0.05, 0.1) is 18.0 Å². The second-order valence-corrected chi connectivity index (χ2v) is 12.5. The highest BCUT2D eigenvalue weighted by Gasteiger charge is 2.24. The standard InChI is InChI=1S/C33H44N8O5/c1-23(42)40-13-10-26(11-14-40)37-32-17-30(34-22-35-32)31(44)8-6-28(43)20-39-12-9-24-16-29(7-5-25(24)19-39)46-21-27-18-36-38-41(27)33-4-2-3-15-45-33/h5,7,16-18,22,26,28,33,43H,2-4,6,8-15,19-21H2,1H3,(H,34,35,37)/t28-,33?/m0/s1. The summed E-state index contributed by atoms with van der Waals surface area (Å²) in [4.78, 5) is 37.0. The molecule has 246 valence electrons. The Morgan fingerprint density at radius 3 is 2.78 bits per heavy atom. The van der Waals surface area contributed by atoms with E-state index < -0.39 is 6.10 Å². The van der Waals surface area contributed by atoms with Crippen LogP contribution in [0.2, 0.25) is 0 Å². The maximum absolute atomic E-state index is 12.9. The zero-order valence-electron chi connectivity index (χ0n) is 26.5. The molecular weight excluding hydrogens is 588 g/mol. The number of piperidine rings is 1. The van der Waals surface area contributed by atoms with Crippen molar-refractivity contribution < 1.29 is 24.2 Å². The van der Waals surface area contributed by atoms with Gasteiger partial charge in [-0.3, -0.25) is 14.5 Å². The normalized spacial score (nSPS) is 19.8. The van der Waals surface area contributed by atoms with E-state index in [0.717, 1.165) is 69.7 Å². The Balaban J connectivity index is 0.937. The van der Waals surface area contributed by atoms with Crippen molar-refractivity contribution >= 4 is 17.5 Å². The number of nitrogens with zero attached hydrogens (tertiary/aromatic N) is 7. The molecule has 0 spiro atoms. The van der Waals surface area contributed by atoms with E-state index in [9.17, 15) is 14.7 Å². The Bertz CT molecular complexity index is 1480. The number of carbonyl (C=O) groups is 2. The average Bonchev–Trinajstić information content (AvgIpc) is 3.56. The van der Waals surface area contributed by atoms with Gasteiger partial charge in [-0.25, -0.2) is 14.6 Å². The van der Waals surface area contributed by atoms with Crippen molar-refractivity contribution in [2.45, 2.75) is 89.8 Å². The Kier molecular flexibility index (Phi) is 10.5. The lowest BCUT2D eigenvalue weighted by molar-refractivity contribution is -0.129. The molecule has 5 heterocycles. The molecule has 0 radical (unpaired) electrons. The summed E-state index contributed by atoms with van der Waals surface area (Å²) in [6, 6.07) is 8.07. The number of aromatic nitrogens is 5. The Morgan fingerprint density at radius 1 is 1.11 bits per heavy atom. The summed E-state index contributed by atoms with van der Waals surface area (Å²) in [6.45, 7) is 6.19. The number of rotatable bonds is 12. The topological polar surface area (TPSA) is 148 Å². The fraction of sp³-hybridized carbons (Fsp3) is 0.576. The van der Waals surface area contributed by atoms with Crippen LogP contribution in [0.3, 0.4) is 0 Å². The second kappa shape index (κ2) is 15.1. The lowest BCUT2D eigenvalue weighted by atomic mass is 9.98. The highest BCUT2D eigenvalue weighted by atomic mass is 16.5. The summed E-state index contributed by atoms with van der Waals surface area (Å²) in [5.41, 5.74) is 3.71. The van der Waals surface area contributed by atoms with Gasteiger partial charge in [0, 0.05) is 64.8 Å². The number of amides is 1. The van der Waals surface area contributed by atoms with E-state index in [2.05, 4.69) is 42.6 Å². The summed E-state index contributed by atoms with van der Waals surface area (Å²) < 4.78 is 13.8. The van der Waals surface area contributed by atoms with E-state index in [0.29, 0.717) is 44.2 Å². The van der Waals surface area contributed by atoms with Gasteiger partial charge >= 0.3 is 0 Å². The van der Waals surface area contributed by atoms with Crippen LogP contribution in [0.5, 0.6) is 5.75 Å². The molecule has 2 saturated heterocycles. The summed E-state index contributed by atoms with van der Waals surface area (Å²) in [7, 11) is 0. The first-order valence-corrected chi connectivity index (χ1v) is 16.4. The van der Waals surface area contributed by atoms with Gasteiger partial charge in [-0.15, -0.1) is 5.10 Å². The van der Waals surface area contributed by atoms with Crippen LogP contribution in [0.1, 0.15) is 85.4 Å². The Hall–Kier alpha value is -3.94. The molecule has 0 aliphatic carbocycles. The number of carbonyl (C=O) groups excluding carboxylic acids is 2. The van der Waals surface area contributed by atoms with E-state index in [1.807, 2.05) is 15.6 Å². The van der Waals surface area contributed by atoms with Crippen LogP contribution < -0.4 is 10.1 Å². The molecule has 2 N–H and O–H groups in total. The van der Waals surface area contributed by atoms with Crippen LogP contribution in [-0.2, 0) is 29.1 Å². The first kappa shape index (κ1) is 32.0. The molecule has 13 heteroatoms. The fourth-order valence-corrected chi connectivity index (χ4v) is 6.47. The van der Waals surface area contributed by atoms with E-state index in [1.54, 1.807) is 19.2 Å². The predicted octanol–water partition coefficient (Wildman–Crippen LogP) is 3.15. The first-order valence-electron chi connectivity index (χ1n) is 16.4. The number of aliphatic hydroxyl groups is 1. The van der Waals surface area contributed by atoms with Gasteiger partial charge in [-0.1, -0.05) is 11.3 Å². The minimum absolute atomic E-state index is 0.0744. The molecule has 3 aliphatic heterocycles. The molecule has 2 aromatic heterocycles. The number of β-amino-alcohol motifs (C(OH)–C–C–N with tert-alkyl or cyclic N) is 1. The summed E-state index contributed by atoms with van der Waals surface area (Å²) >= 11 is 0. The van der Waals surface area contributed by atoms with Gasteiger partial charge in [0.15, 0.2) is 12.0 Å². The van der Waals surface area contributed by atoms with Crippen LogP contribution in [0, 0.1) is 0 Å². The van der Waals surface area contributed by atoms with Crippen molar-refractivity contribution in [1.29, 1.82) is 0 Å². The number of aliphatic hydroxyl groups excluding tert-OH is 1. The van der Waals surface area contributed by atoms with E-state index >= 15 is 0 Å². The second-order valence-electron chi connectivity index (χ2n) is 12.5. The lowest BCUT2D eigenvalue weighted by Gasteiger charge is -2.31. The molecule has 1 aromatic carbocycles. The van der Waals surface area contributed by atoms with Gasteiger partial charge < -0.3 is 24.8 Å². The molecule has 0 saturated carbocycles. The maximum Gasteiger partial charge on any atom is 0.219 e. The number of fused-ring (bicyclic) bond motifs is 1. The molecular formula is C33H44N8O5. The number of hydrogen-bond donors (Lipinski definition) is 2. The Morgan fingerprint density at radius 2 is 1.98 bits per heavy atom. The van der Waals surface area contributed by atoms with Crippen LogP contribution in [0.4, 0.5) is 5.82 Å². The quantitative estimate of drug-likeness (QED) is 0.284. The minimum Gasteiger partial charge on any atom is -0.487 e. The summed E-state index contributed by atoms with van der Waals surface area (Å²) in [5, 5.41) is 22.5. The number of hydrogen-bond acceptors (Lipinski definition) is 11. The van der Waals surface area contributed by atoms with Crippen molar-refractivity contribution in [1.82, 2.24) is 34.8 Å². The number of ether oxygens (including phenoxy) is 2. The molecule has 1 amide bonds. The van der Waals surface area contributed by atoms with E-state index in [4.69, 9.17) is 9.47 Å². The van der Waals surface area contributed by atoms with Crippen molar-refractivity contribution in [3.05, 3.63) is 59.3 Å². The lowest BCUT2D eigenvalue weighted by Crippen LogP contribution is -2.41. The van der Waals surface area contributed by atoms with Crippen LogP contribution in [-0.4, -0.2) is 96.5 Å². The molecule has 13 nitrogen and oxygen atoms in total. The zero-order valence-corrected chi connectivity index (χ0v) is 26.5. The molecule has 46 heavy (non-hydrogen) atoms. The van der Waals surface area contributed by atoms with Crippen molar-refractivity contribution in [2.75, 3.05) is 38.1 Å². The molecule has 1 unspecified atom stereocenters. The number of benzene rings is 1. The molecule has 3 aromatic rings. The van der Waals surface area contributed by atoms with Gasteiger partial charge in [-0.05, 0) is 68.2 Å². The smallest absolute Gasteiger partial charge is 0.219 e. The van der Waals surface area contributed by atoms with Gasteiger partial charge in [0.1, 0.15) is 30.2 Å². The maximum atomic E-state index is 12.9. The van der Waals surface area contributed by atoms with Crippen molar-refractivity contribution in [3.63, 3.8) is 0 Å². The minimum atomic E-state index is -0.620. The number of nitrogens with one attached hydrogen (secondary N) is 1. The van der Waals surface area contributed by atoms with Crippen molar-refractivity contribution in [3.8, 4) is 5.75 Å². The van der Waals surface area contributed by atoms with E-state index in [-0.39, 0.29) is 30.4 Å². The van der Waals surface area contributed by atoms with Crippen LogP contribution in [0.25, 0.3) is 0 Å². The van der Waals surface area contributed by atoms with Gasteiger partial charge in [-0.2, -0.15) is 0 Å². The monoisotopic (exact) mass is 632 g/mol. The molecule has 6 rings (SSSR count).